The smallest absolute Gasteiger partial charge is 0.0181 e. The molecule has 0 aliphatic rings. The Kier molecular flexibility index (Phi) is 4.07. The summed E-state index contributed by atoms with van der Waals surface area (Å²) in [6.07, 6.45) is 5.78. The molecule has 0 amide bonds. The molecule has 0 radical (unpaired) electrons. The lowest BCUT2D eigenvalue weighted by molar-refractivity contribution is 1.40. The lowest BCUT2D eigenvalue weighted by Crippen LogP contribution is -2.22. The van der Waals surface area contributed by atoms with Crippen molar-refractivity contribution >= 4 is 12.7 Å². The molecule has 0 atom stereocenters. The molecule has 0 unspecified atom stereocenters. The Bertz CT molecular complexity index is 542. The lowest BCUT2D eigenvalue weighted by atomic mass is 10.1. The molecule has 0 spiro atoms. The highest BCUT2D eigenvalue weighted by molar-refractivity contribution is 5.57. The summed E-state index contributed by atoms with van der Waals surface area (Å²) in [6, 6.07) is 6.23. The van der Waals surface area contributed by atoms with Crippen molar-refractivity contribution in [1.82, 2.24) is 0 Å². The van der Waals surface area contributed by atoms with Crippen LogP contribution in [0.15, 0.2) is 54.7 Å². The van der Waals surface area contributed by atoms with E-state index in [1.165, 1.54) is 5.56 Å². The first kappa shape index (κ1) is 12.3. The van der Waals surface area contributed by atoms with Crippen LogP contribution in [0.5, 0.6) is 0 Å². The van der Waals surface area contributed by atoms with Gasteiger partial charge in [-0.2, -0.15) is 0 Å². The lowest BCUT2D eigenvalue weighted by Gasteiger charge is -1.99. The largest absolute Gasteiger partial charge is 0.0988 e. The summed E-state index contributed by atoms with van der Waals surface area (Å²) in [5.74, 6) is 0. The molecule has 0 aliphatic carbocycles. The Morgan fingerprint density at radius 3 is 2.44 bits per heavy atom. The van der Waals surface area contributed by atoms with Crippen molar-refractivity contribution in [2.24, 2.45) is 0 Å². The molecule has 0 bridgehead atoms. The molecule has 0 aliphatic heterocycles. The van der Waals surface area contributed by atoms with Crippen LogP contribution >= 0.6 is 0 Å². The van der Waals surface area contributed by atoms with Crippen LogP contribution in [0.2, 0.25) is 0 Å². The van der Waals surface area contributed by atoms with E-state index in [0.29, 0.717) is 0 Å². The Balaban J connectivity index is 3.48. The van der Waals surface area contributed by atoms with Crippen molar-refractivity contribution in [2.45, 2.75) is 13.8 Å². The molecule has 0 aromatic heterocycles. The van der Waals surface area contributed by atoms with Gasteiger partial charge in [-0.3, -0.25) is 0 Å². The zero-order chi connectivity index (χ0) is 12.1. The maximum atomic E-state index is 4.02. The SMILES string of the molecule is C=C/C(C)=C(C=C)/C=c1/cc(C)ccc1=C. The van der Waals surface area contributed by atoms with Gasteiger partial charge < -0.3 is 0 Å². The summed E-state index contributed by atoms with van der Waals surface area (Å²) in [4.78, 5) is 0. The van der Waals surface area contributed by atoms with Crippen LogP contribution in [0, 0.1) is 6.92 Å². The van der Waals surface area contributed by atoms with E-state index in [0.717, 1.165) is 21.6 Å². The van der Waals surface area contributed by atoms with Gasteiger partial charge in [0.1, 0.15) is 0 Å². The molecule has 0 N–H and O–H groups in total. The molecule has 16 heavy (non-hydrogen) atoms. The number of allylic oxidation sites excluding steroid dienone is 4. The highest BCUT2D eigenvalue weighted by Gasteiger charge is 1.92. The molecule has 1 rings (SSSR count). The van der Waals surface area contributed by atoms with Crippen molar-refractivity contribution in [3.05, 3.63) is 70.7 Å². The average Bonchev–Trinajstić information content (AvgIpc) is 2.29. The fourth-order valence-electron chi connectivity index (χ4n) is 1.47. The summed E-state index contributed by atoms with van der Waals surface area (Å²) in [5, 5.41) is 2.16. The second-order valence-corrected chi connectivity index (χ2v) is 3.89. The zero-order valence-corrected chi connectivity index (χ0v) is 10.1. The van der Waals surface area contributed by atoms with Crippen LogP contribution in [0.1, 0.15) is 12.5 Å². The molecule has 82 valence electrons. The van der Waals surface area contributed by atoms with Crippen molar-refractivity contribution in [1.29, 1.82) is 0 Å². The summed E-state index contributed by atoms with van der Waals surface area (Å²) in [5.41, 5.74) is 3.44. The zero-order valence-electron chi connectivity index (χ0n) is 10.1. The number of hydrogen-bond acceptors (Lipinski definition) is 0. The molecular formula is C16H18. The maximum Gasteiger partial charge on any atom is -0.0181 e. The number of hydrogen-bond donors (Lipinski definition) is 0. The Labute approximate surface area is 97.6 Å². The van der Waals surface area contributed by atoms with E-state index < -0.39 is 0 Å². The third-order valence-electron chi connectivity index (χ3n) is 2.59. The summed E-state index contributed by atoms with van der Waals surface area (Å²) in [7, 11) is 0. The standard InChI is InChI=1S/C16H18/c1-6-13(4)15(7-2)11-16-10-12(3)8-9-14(16)5/h6-11H,1-2,5H2,3-4H3/b15-13+,16-11-. The molecule has 0 heterocycles. The molecule has 1 aromatic rings. The van der Waals surface area contributed by atoms with Crippen LogP contribution in [-0.2, 0) is 0 Å². The average molecular weight is 210 g/mol. The third kappa shape index (κ3) is 2.83. The van der Waals surface area contributed by atoms with E-state index in [4.69, 9.17) is 0 Å². The Hall–Kier alpha value is -1.82. The fraction of sp³-hybridized carbons (Fsp3) is 0.125. The molecular weight excluding hydrogens is 192 g/mol. The van der Waals surface area contributed by atoms with Gasteiger partial charge in [-0.25, -0.2) is 0 Å². The van der Waals surface area contributed by atoms with Gasteiger partial charge in [0.25, 0.3) is 0 Å². The number of rotatable bonds is 3. The fourth-order valence-corrected chi connectivity index (χ4v) is 1.47. The van der Waals surface area contributed by atoms with Gasteiger partial charge in [-0.1, -0.05) is 55.7 Å². The van der Waals surface area contributed by atoms with Gasteiger partial charge in [-0.15, -0.1) is 0 Å². The molecule has 0 saturated heterocycles. The van der Waals surface area contributed by atoms with Gasteiger partial charge in [0, 0.05) is 0 Å². The van der Waals surface area contributed by atoms with Crippen molar-refractivity contribution < 1.29 is 0 Å². The van der Waals surface area contributed by atoms with E-state index in [9.17, 15) is 0 Å². The van der Waals surface area contributed by atoms with Crippen molar-refractivity contribution in [2.75, 3.05) is 0 Å². The second-order valence-electron chi connectivity index (χ2n) is 3.89. The molecule has 0 saturated carbocycles. The van der Waals surface area contributed by atoms with Crippen LogP contribution < -0.4 is 10.4 Å². The first-order valence-electron chi connectivity index (χ1n) is 5.31. The number of aryl methyl sites for hydroxylation is 1. The van der Waals surface area contributed by atoms with E-state index >= 15 is 0 Å². The quantitative estimate of drug-likeness (QED) is 0.673. The maximum absolute atomic E-state index is 4.02. The molecule has 0 heteroatoms. The Morgan fingerprint density at radius 1 is 1.19 bits per heavy atom. The van der Waals surface area contributed by atoms with Gasteiger partial charge in [0.15, 0.2) is 0 Å². The van der Waals surface area contributed by atoms with Gasteiger partial charge in [-0.05, 0) is 41.5 Å². The minimum absolute atomic E-state index is 1.03. The monoisotopic (exact) mass is 210 g/mol. The minimum atomic E-state index is 1.03. The van der Waals surface area contributed by atoms with Crippen LogP contribution in [0.25, 0.3) is 12.7 Å². The van der Waals surface area contributed by atoms with E-state index in [1.807, 2.05) is 25.1 Å². The minimum Gasteiger partial charge on any atom is -0.0988 e. The molecule has 1 aromatic carbocycles. The van der Waals surface area contributed by atoms with E-state index in [2.05, 4.69) is 44.9 Å². The van der Waals surface area contributed by atoms with Crippen LogP contribution in [-0.4, -0.2) is 0 Å². The summed E-state index contributed by atoms with van der Waals surface area (Å²) >= 11 is 0. The third-order valence-corrected chi connectivity index (χ3v) is 2.59. The van der Waals surface area contributed by atoms with E-state index in [-0.39, 0.29) is 0 Å². The van der Waals surface area contributed by atoms with Crippen molar-refractivity contribution in [3.63, 3.8) is 0 Å². The first-order chi connectivity index (χ1) is 7.58. The summed E-state index contributed by atoms with van der Waals surface area (Å²) < 4.78 is 0. The van der Waals surface area contributed by atoms with Gasteiger partial charge in [0.2, 0.25) is 0 Å². The number of benzene rings is 1. The van der Waals surface area contributed by atoms with E-state index in [1.54, 1.807) is 0 Å². The topological polar surface area (TPSA) is 0 Å². The predicted octanol–water partition coefficient (Wildman–Crippen LogP) is 2.87. The highest BCUT2D eigenvalue weighted by Crippen LogP contribution is 2.07. The molecule has 0 fully saturated rings. The van der Waals surface area contributed by atoms with Crippen molar-refractivity contribution in [3.8, 4) is 0 Å². The first-order valence-corrected chi connectivity index (χ1v) is 5.31. The highest BCUT2D eigenvalue weighted by atomic mass is 14.0. The molecule has 0 nitrogen and oxygen atoms in total. The Morgan fingerprint density at radius 2 is 1.88 bits per heavy atom. The second kappa shape index (κ2) is 5.32. The normalized spacial score (nSPS) is 13.2. The summed E-state index contributed by atoms with van der Waals surface area (Å²) in [6.45, 7) is 15.7. The van der Waals surface area contributed by atoms with Crippen LogP contribution in [0.3, 0.4) is 0 Å². The van der Waals surface area contributed by atoms with Gasteiger partial charge in [0.05, 0.1) is 0 Å². The predicted molar refractivity (Wildman–Crippen MR) is 73.5 cm³/mol. The van der Waals surface area contributed by atoms with Crippen LogP contribution in [0.4, 0.5) is 0 Å². The van der Waals surface area contributed by atoms with Gasteiger partial charge >= 0.3 is 0 Å².